The van der Waals surface area contributed by atoms with Gasteiger partial charge in [0, 0.05) is 24.5 Å². The molecule has 1 saturated carbocycles. The van der Waals surface area contributed by atoms with Gasteiger partial charge in [0.25, 0.3) is 0 Å². The first kappa shape index (κ1) is 21.9. The molecule has 160 valence electrons. The van der Waals surface area contributed by atoms with E-state index >= 15 is 0 Å². The van der Waals surface area contributed by atoms with E-state index in [9.17, 15) is 5.11 Å². The maximum Gasteiger partial charge on any atom is 0.158 e. The molecule has 0 aromatic rings. The number of aliphatic hydroxyl groups excluding tert-OH is 1. The molecule has 0 aromatic heterocycles. The van der Waals surface area contributed by atoms with Gasteiger partial charge in [-0.05, 0) is 38.5 Å². The second kappa shape index (κ2) is 10.3. The number of nitrogens with two attached hydrogens (primary N) is 3. The molecule has 0 bridgehead atoms. The molecule has 2 heterocycles. The highest BCUT2D eigenvalue weighted by molar-refractivity contribution is 4.94. The van der Waals surface area contributed by atoms with Crippen molar-refractivity contribution < 1.29 is 24.1 Å². The molecule has 6 unspecified atom stereocenters. The minimum atomic E-state index is -0.422. The molecule has 9 nitrogen and oxygen atoms in total. The van der Waals surface area contributed by atoms with Crippen LogP contribution in [0.3, 0.4) is 0 Å². The fraction of sp³-hybridized carbons (Fsp3) is 0.947. The van der Waals surface area contributed by atoms with Crippen molar-refractivity contribution in [3.63, 3.8) is 0 Å². The summed E-state index contributed by atoms with van der Waals surface area (Å²) in [6.07, 6.45) is 3.71. The van der Waals surface area contributed by atoms with Crippen LogP contribution in [-0.2, 0) is 18.9 Å². The Bertz CT molecular complexity index is 533. The molecular weight excluding hydrogens is 364 g/mol. The monoisotopic (exact) mass is 398 g/mol. The number of aliphatic hydroxyl groups is 1. The molecule has 28 heavy (non-hydrogen) atoms. The van der Waals surface area contributed by atoms with Gasteiger partial charge in [0.2, 0.25) is 0 Å². The quantitative estimate of drug-likeness (QED) is 0.457. The van der Waals surface area contributed by atoms with Gasteiger partial charge < -0.3 is 41.3 Å². The Morgan fingerprint density at radius 1 is 1.07 bits per heavy atom. The summed E-state index contributed by atoms with van der Waals surface area (Å²) in [5, 5.41) is 18.1. The number of rotatable bonds is 7. The summed E-state index contributed by atoms with van der Waals surface area (Å²) in [5.41, 5.74) is 18.6. The van der Waals surface area contributed by atoms with Gasteiger partial charge in [-0.25, -0.2) is 0 Å². The highest BCUT2D eigenvalue weighted by Crippen LogP contribution is 2.31. The fourth-order valence-electron chi connectivity index (χ4n) is 4.36. The Balaban J connectivity index is 1.59. The van der Waals surface area contributed by atoms with E-state index < -0.39 is 6.29 Å². The van der Waals surface area contributed by atoms with Gasteiger partial charge in [-0.3, -0.25) is 0 Å². The lowest BCUT2D eigenvalue weighted by molar-refractivity contribution is -0.264. The zero-order valence-electron chi connectivity index (χ0n) is 16.3. The first-order chi connectivity index (χ1) is 13.5. The van der Waals surface area contributed by atoms with Crippen LogP contribution in [0.5, 0.6) is 0 Å². The third kappa shape index (κ3) is 5.62. The van der Waals surface area contributed by atoms with E-state index in [4.69, 9.17) is 41.4 Å². The zero-order valence-corrected chi connectivity index (χ0v) is 16.3. The summed E-state index contributed by atoms with van der Waals surface area (Å²) in [6.45, 7) is -0.0102. The van der Waals surface area contributed by atoms with Crippen molar-refractivity contribution in [3.05, 3.63) is 0 Å². The summed E-state index contributed by atoms with van der Waals surface area (Å²) in [5.74, 6) is 0. The third-order valence-electron chi connectivity index (χ3n) is 5.87. The lowest BCUT2D eigenvalue weighted by Gasteiger charge is -2.42. The summed E-state index contributed by atoms with van der Waals surface area (Å²) < 4.78 is 24.1. The molecule has 0 spiro atoms. The highest BCUT2D eigenvalue weighted by atomic mass is 16.7. The van der Waals surface area contributed by atoms with Crippen molar-refractivity contribution >= 4 is 0 Å². The Morgan fingerprint density at radius 2 is 1.86 bits per heavy atom. The van der Waals surface area contributed by atoms with Crippen LogP contribution in [0.15, 0.2) is 0 Å². The van der Waals surface area contributed by atoms with E-state index in [1.54, 1.807) is 0 Å². The van der Waals surface area contributed by atoms with Crippen LogP contribution >= 0.6 is 0 Å². The van der Waals surface area contributed by atoms with E-state index in [0.29, 0.717) is 12.8 Å². The molecule has 0 radical (unpaired) electrons. The van der Waals surface area contributed by atoms with Crippen molar-refractivity contribution in [3.8, 4) is 6.07 Å². The van der Waals surface area contributed by atoms with Gasteiger partial charge in [-0.2, -0.15) is 5.26 Å². The van der Waals surface area contributed by atoms with Gasteiger partial charge in [0.15, 0.2) is 12.6 Å². The molecule has 7 N–H and O–H groups in total. The first-order valence-electron chi connectivity index (χ1n) is 10.4. The number of hydrogen-bond acceptors (Lipinski definition) is 9. The Kier molecular flexibility index (Phi) is 8.02. The summed E-state index contributed by atoms with van der Waals surface area (Å²) in [4.78, 5) is 0. The molecule has 2 aliphatic heterocycles. The molecule has 3 fully saturated rings. The molecule has 0 aromatic carbocycles. The maximum atomic E-state index is 9.26. The molecule has 0 amide bonds. The maximum absolute atomic E-state index is 9.26. The topological polar surface area (TPSA) is 159 Å². The summed E-state index contributed by atoms with van der Waals surface area (Å²) >= 11 is 0. The molecule has 9 heteroatoms. The van der Waals surface area contributed by atoms with Gasteiger partial charge in [0.05, 0.1) is 37.4 Å². The smallest absolute Gasteiger partial charge is 0.158 e. The zero-order chi connectivity index (χ0) is 20.1. The minimum Gasteiger partial charge on any atom is -0.394 e. The minimum absolute atomic E-state index is 0.0102. The standard InChI is InChI=1S/C19H34N4O5/c20-7-6-13(22)15-2-1-3-17(26-15)28-19-14(23)8-11(21)9-16(19)27-18-5-4-12(10-24)25-18/h11-19,24H,1-6,8-10,21-23H2/t11?,12?,13?,14?,15?,16?,17-,18+,19-/m1/s1. The van der Waals surface area contributed by atoms with E-state index in [-0.39, 0.29) is 61.9 Å². The molecule has 1 aliphatic carbocycles. The lowest BCUT2D eigenvalue weighted by Crippen LogP contribution is -2.57. The van der Waals surface area contributed by atoms with Crippen LogP contribution in [0.25, 0.3) is 0 Å². The van der Waals surface area contributed by atoms with Crippen LogP contribution in [0.2, 0.25) is 0 Å². The highest BCUT2D eigenvalue weighted by Gasteiger charge is 2.41. The Labute approximate surface area is 166 Å². The van der Waals surface area contributed by atoms with Crippen molar-refractivity contribution in [1.82, 2.24) is 0 Å². The normalized spacial score (nSPS) is 42.8. The average Bonchev–Trinajstić information content (AvgIpc) is 3.12. The predicted octanol–water partition coefficient (Wildman–Crippen LogP) is -0.161. The molecular formula is C19H34N4O5. The van der Waals surface area contributed by atoms with E-state index in [2.05, 4.69) is 6.07 Å². The largest absolute Gasteiger partial charge is 0.394 e. The predicted molar refractivity (Wildman–Crippen MR) is 101 cm³/mol. The number of hydrogen-bond donors (Lipinski definition) is 4. The van der Waals surface area contributed by atoms with E-state index in [1.807, 2.05) is 0 Å². The van der Waals surface area contributed by atoms with Crippen LogP contribution in [0.1, 0.15) is 51.4 Å². The van der Waals surface area contributed by atoms with Gasteiger partial charge in [-0.15, -0.1) is 0 Å². The lowest BCUT2D eigenvalue weighted by atomic mass is 9.87. The SMILES string of the molecule is N#CCC(N)C1CCC[C@@H](O[C@@H]2C(N)CC(N)CC2O[C@H]2CCC(CO)O2)O1. The van der Waals surface area contributed by atoms with Crippen LogP contribution in [0.4, 0.5) is 0 Å². The van der Waals surface area contributed by atoms with Crippen molar-refractivity contribution in [2.75, 3.05) is 6.61 Å². The van der Waals surface area contributed by atoms with Gasteiger partial charge in [0.1, 0.15) is 6.10 Å². The summed E-state index contributed by atoms with van der Waals surface area (Å²) in [7, 11) is 0. The number of ether oxygens (including phenoxy) is 4. The molecule has 3 rings (SSSR count). The third-order valence-corrected chi connectivity index (χ3v) is 5.87. The van der Waals surface area contributed by atoms with Gasteiger partial charge in [-0.1, -0.05) is 0 Å². The Hall–Kier alpha value is -0.830. The fourth-order valence-corrected chi connectivity index (χ4v) is 4.36. The second-order valence-corrected chi connectivity index (χ2v) is 8.18. The van der Waals surface area contributed by atoms with Gasteiger partial charge >= 0.3 is 0 Å². The molecule has 2 saturated heterocycles. The van der Waals surface area contributed by atoms with Crippen LogP contribution in [-0.4, -0.2) is 66.8 Å². The number of nitrogens with zero attached hydrogens (tertiary/aromatic N) is 1. The summed E-state index contributed by atoms with van der Waals surface area (Å²) in [6, 6.07) is 1.46. The number of nitriles is 1. The van der Waals surface area contributed by atoms with E-state index in [1.165, 1.54) is 0 Å². The van der Waals surface area contributed by atoms with E-state index in [0.717, 1.165) is 32.1 Å². The van der Waals surface area contributed by atoms with Crippen molar-refractivity contribution in [2.24, 2.45) is 17.2 Å². The molecule has 3 aliphatic rings. The van der Waals surface area contributed by atoms with Crippen molar-refractivity contribution in [1.29, 1.82) is 5.26 Å². The van der Waals surface area contributed by atoms with Crippen LogP contribution < -0.4 is 17.2 Å². The first-order valence-corrected chi connectivity index (χ1v) is 10.4. The average molecular weight is 399 g/mol. The Morgan fingerprint density at radius 3 is 2.57 bits per heavy atom. The van der Waals surface area contributed by atoms with Crippen molar-refractivity contribution in [2.45, 2.75) is 106 Å². The molecule has 9 atom stereocenters. The van der Waals surface area contributed by atoms with Crippen LogP contribution in [0, 0.1) is 11.3 Å². The second-order valence-electron chi connectivity index (χ2n) is 8.18.